The summed E-state index contributed by atoms with van der Waals surface area (Å²) in [5, 5.41) is 21.5. The van der Waals surface area contributed by atoms with Crippen molar-refractivity contribution in [3.05, 3.63) is 83.9 Å². The average molecular weight is 696 g/mol. The van der Waals surface area contributed by atoms with Crippen LogP contribution in [0.15, 0.2) is 72.8 Å². The van der Waals surface area contributed by atoms with E-state index in [0.717, 1.165) is 42.2 Å². The number of carbonyl (C=O) groups is 3. The SMILES string of the molecule is CCCCCCCSCCCCCCC=C[C@H](C(=O)N1C(=O)SC(c2ccccc2)(c2ccccc2)[C@@H]1C(C)C)[C@@](O)(CCC)C(=O)O. The molecule has 0 saturated carbocycles. The van der Waals surface area contributed by atoms with E-state index in [1.54, 1.807) is 13.0 Å². The van der Waals surface area contributed by atoms with E-state index in [1.165, 1.54) is 54.9 Å². The highest BCUT2D eigenvalue weighted by Gasteiger charge is 2.60. The van der Waals surface area contributed by atoms with Gasteiger partial charge in [-0.1, -0.05) is 145 Å². The monoisotopic (exact) mass is 695 g/mol. The van der Waals surface area contributed by atoms with Crippen LogP contribution in [0.4, 0.5) is 4.79 Å². The molecular weight excluding hydrogens is 639 g/mol. The number of benzene rings is 2. The average Bonchev–Trinajstić information content (AvgIpc) is 3.41. The standard InChI is InChI=1S/C40H57NO5S2/c1-5-7-8-12-21-29-47-30-22-13-10-9-11-20-27-34(39(46,28-6-2)37(43)44)36(42)41-35(31(3)4)40(48-38(41)45,32-23-16-14-17-24-32)33-25-18-15-19-26-33/h14-20,23-27,31,34-35,46H,5-13,21-22,28-30H2,1-4H3,(H,43,44)/t34-,35+,39+/m1/s1. The number of nitrogens with zero attached hydrogens (tertiary/aromatic N) is 1. The third-order valence-electron chi connectivity index (χ3n) is 9.33. The predicted molar refractivity (Wildman–Crippen MR) is 201 cm³/mol. The van der Waals surface area contributed by atoms with Crippen LogP contribution < -0.4 is 0 Å². The van der Waals surface area contributed by atoms with Gasteiger partial charge < -0.3 is 10.2 Å². The van der Waals surface area contributed by atoms with E-state index >= 15 is 0 Å². The number of hydrogen-bond acceptors (Lipinski definition) is 6. The predicted octanol–water partition coefficient (Wildman–Crippen LogP) is 10.1. The Labute approximate surface area is 297 Å². The first-order valence-electron chi connectivity index (χ1n) is 18.0. The van der Waals surface area contributed by atoms with Gasteiger partial charge >= 0.3 is 5.97 Å². The molecule has 0 spiro atoms. The molecule has 1 aliphatic rings. The fourth-order valence-electron chi connectivity index (χ4n) is 6.87. The van der Waals surface area contributed by atoms with Crippen molar-refractivity contribution >= 4 is 40.6 Å². The smallest absolute Gasteiger partial charge is 0.336 e. The third-order valence-corrected chi connectivity index (χ3v) is 11.9. The van der Waals surface area contributed by atoms with Gasteiger partial charge in [0.05, 0.1) is 16.7 Å². The normalized spacial score (nSPS) is 18.0. The van der Waals surface area contributed by atoms with Gasteiger partial charge in [-0.05, 0) is 72.4 Å². The summed E-state index contributed by atoms with van der Waals surface area (Å²) in [6.07, 6.45) is 15.2. The van der Waals surface area contributed by atoms with Crippen molar-refractivity contribution in [3.8, 4) is 0 Å². The second-order valence-corrected chi connectivity index (χ2v) is 15.8. The van der Waals surface area contributed by atoms with Crippen molar-refractivity contribution in [2.75, 3.05) is 11.5 Å². The Morgan fingerprint density at radius 3 is 1.92 bits per heavy atom. The molecule has 2 amide bonds. The van der Waals surface area contributed by atoms with Crippen LogP contribution in [0.3, 0.4) is 0 Å². The third kappa shape index (κ3) is 10.0. The number of unbranched alkanes of at least 4 members (excludes halogenated alkanes) is 8. The number of carbonyl (C=O) groups excluding carboxylic acids is 2. The highest BCUT2D eigenvalue weighted by molar-refractivity contribution is 8.15. The van der Waals surface area contributed by atoms with Crippen LogP contribution in [-0.4, -0.2) is 55.4 Å². The van der Waals surface area contributed by atoms with Crippen LogP contribution in [0.5, 0.6) is 0 Å². The number of aliphatic hydroxyl groups is 1. The topological polar surface area (TPSA) is 94.9 Å². The quantitative estimate of drug-likeness (QED) is 0.0935. The molecule has 1 fully saturated rings. The summed E-state index contributed by atoms with van der Waals surface area (Å²) in [6, 6.07) is 18.9. The van der Waals surface area contributed by atoms with E-state index in [2.05, 4.69) is 6.92 Å². The molecule has 2 N–H and O–H groups in total. The molecule has 48 heavy (non-hydrogen) atoms. The van der Waals surface area contributed by atoms with Gasteiger partial charge in [-0.2, -0.15) is 11.8 Å². The molecule has 8 heteroatoms. The van der Waals surface area contributed by atoms with E-state index in [9.17, 15) is 24.6 Å². The summed E-state index contributed by atoms with van der Waals surface area (Å²) in [7, 11) is 0. The molecule has 1 aliphatic heterocycles. The van der Waals surface area contributed by atoms with E-state index in [4.69, 9.17) is 0 Å². The number of allylic oxidation sites excluding steroid dienone is 1. The van der Waals surface area contributed by atoms with Gasteiger partial charge in [0.2, 0.25) is 5.91 Å². The minimum atomic E-state index is -2.34. The molecular formula is C40H57NO5S2. The van der Waals surface area contributed by atoms with Gasteiger partial charge in [-0.15, -0.1) is 0 Å². The number of carboxylic acid groups (broad SMARTS) is 1. The zero-order valence-electron chi connectivity index (χ0n) is 29.4. The van der Waals surface area contributed by atoms with E-state index in [-0.39, 0.29) is 12.3 Å². The molecule has 0 unspecified atom stereocenters. The maximum absolute atomic E-state index is 14.6. The molecule has 264 valence electrons. The first kappa shape index (κ1) is 39.9. The molecule has 1 heterocycles. The lowest BCUT2D eigenvalue weighted by Gasteiger charge is -2.41. The Morgan fingerprint density at radius 2 is 1.42 bits per heavy atom. The summed E-state index contributed by atoms with van der Waals surface area (Å²) >= 11 is 3.14. The summed E-state index contributed by atoms with van der Waals surface area (Å²) in [6.45, 7) is 7.99. The maximum Gasteiger partial charge on any atom is 0.336 e. The lowest BCUT2D eigenvalue weighted by atomic mass is 9.77. The molecule has 0 aliphatic carbocycles. The van der Waals surface area contributed by atoms with Crippen LogP contribution in [0.1, 0.15) is 116 Å². The van der Waals surface area contributed by atoms with Crippen molar-refractivity contribution in [2.45, 2.75) is 121 Å². The molecule has 1 saturated heterocycles. The molecule has 2 aromatic carbocycles. The minimum absolute atomic E-state index is 0.108. The van der Waals surface area contributed by atoms with Crippen LogP contribution in [0.25, 0.3) is 0 Å². The van der Waals surface area contributed by atoms with Gasteiger partial charge in [0.25, 0.3) is 5.24 Å². The highest BCUT2D eigenvalue weighted by atomic mass is 32.2. The Balaban J connectivity index is 1.80. The van der Waals surface area contributed by atoms with Crippen molar-refractivity contribution in [1.29, 1.82) is 0 Å². The van der Waals surface area contributed by atoms with Gasteiger partial charge in [0, 0.05) is 0 Å². The summed E-state index contributed by atoms with van der Waals surface area (Å²) in [5.74, 6) is -1.28. The van der Waals surface area contributed by atoms with Crippen LogP contribution in [0, 0.1) is 11.8 Å². The maximum atomic E-state index is 14.6. The molecule has 6 nitrogen and oxygen atoms in total. The number of imide groups is 1. The lowest BCUT2D eigenvalue weighted by molar-refractivity contribution is -0.169. The second kappa shape index (κ2) is 20.2. The minimum Gasteiger partial charge on any atom is -0.479 e. The summed E-state index contributed by atoms with van der Waals surface area (Å²) in [5.41, 5.74) is -0.557. The molecule has 3 atom stereocenters. The number of thioether (sulfide) groups is 2. The molecule has 0 aromatic heterocycles. The highest BCUT2D eigenvalue weighted by Crippen LogP contribution is 2.56. The molecule has 0 bridgehead atoms. The number of rotatable bonds is 22. The van der Waals surface area contributed by atoms with Gasteiger partial charge in [-0.3, -0.25) is 14.5 Å². The molecule has 2 aromatic rings. The largest absolute Gasteiger partial charge is 0.479 e. The van der Waals surface area contributed by atoms with Gasteiger partial charge in [-0.25, -0.2) is 4.79 Å². The molecule has 0 radical (unpaired) electrons. The Kier molecular flexibility index (Phi) is 16.8. The van der Waals surface area contributed by atoms with E-state index in [0.29, 0.717) is 12.8 Å². The summed E-state index contributed by atoms with van der Waals surface area (Å²) in [4.78, 5) is 42.6. The molecule has 3 rings (SSSR count). The number of carboxylic acids is 1. The number of amides is 2. The zero-order valence-corrected chi connectivity index (χ0v) is 31.1. The van der Waals surface area contributed by atoms with Crippen molar-refractivity contribution in [2.24, 2.45) is 11.8 Å². The van der Waals surface area contributed by atoms with Crippen LogP contribution >= 0.6 is 23.5 Å². The zero-order chi connectivity index (χ0) is 35.0. The first-order chi connectivity index (χ1) is 23.1. The van der Waals surface area contributed by atoms with Crippen molar-refractivity contribution in [1.82, 2.24) is 4.90 Å². The summed E-state index contributed by atoms with van der Waals surface area (Å²) < 4.78 is -0.906. The fourth-order valence-corrected chi connectivity index (χ4v) is 9.47. The Morgan fingerprint density at radius 1 is 0.875 bits per heavy atom. The van der Waals surface area contributed by atoms with E-state index < -0.39 is 39.4 Å². The van der Waals surface area contributed by atoms with Crippen molar-refractivity contribution in [3.63, 3.8) is 0 Å². The lowest BCUT2D eigenvalue weighted by Crippen LogP contribution is -2.56. The second-order valence-electron chi connectivity index (χ2n) is 13.3. The number of aliphatic carboxylic acids is 1. The van der Waals surface area contributed by atoms with Gasteiger partial charge in [0.15, 0.2) is 5.60 Å². The Hall–Kier alpha value is -2.55. The van der Waals surface area contributed by atoms with Gasteiger partial charge in [0.1, 0.15) is 0 Å². The van der Waals surface area contributed by atoms with Crippen LogP contribution in [0.2, 0.25) is 0 Å². The van der Waals surface area contributed by atoms with Crippen LogP contribution in [-0.2, 0) is 14.3 Å². The van der Waals surface area contributed by atoms with Crippen molar-refractivity contribution < 1.29 is 24.6 Å². The Bertz CT molecular complexity index is 1260. The van der Waals surface area contributed by atoms with E-state index in [1.807, 2.05) is 92.3 Å². The fraction of sp³-hybridized carbons (Fsp3) is 0.575. The number of hydrogen-bond donors (Lipinski definition) is 2. The first-order valence-corrected chi connectivity index (χ1v) is 20.0.